The van der Waals surface area contributed by atoms with Crippen molar-refractivity contribution in [3.8, 4) is 0 Å². The van der Waals surface area contributed by atoms with Gasteiger partial charge in [0.2, 0.25) is 21.8 Å². The second-order valence-corrected chi connectivity index (χ2v) is 7.71. The minimum absolute atomic E-state index is 0.00873. The van der Waals surface area contributed by atoms with E-state index in [1.54, 1.807) is 34.1 Å². The van der Waals surface area contributed by atoms with Crippen LogP contribution in [-0.2, 0) is 19.6 Å². The molecule has 0 aliphatic carbocycles. The average molecular weight is 353 g/mol. The van der Waals surface area contributed by atoms with Crippen LogP contribution in [0.15, 0.2) is 30.3 Å². The summed E-state index contributed by atoms with van der Waals surface area (Å²) >= 11 is 0. The average Bonchev–Trinajstić information content (AvgIpc) is 2.54. The molecule has 1 aliphatic heterocycles. The van der Waals surface area contributed by atoms with Crippen LogP contribution in [0.5, 0.6) is 0 Å². The van der Waals surface area contributed by atoms with Gasteiger partial charge in [0.25, 0.3) is 0 Å². The van der Waals surface area contributed by atoms with E-state index < -0.39 is 10.0 Å². The molecule has 1 fully saturated rings. The molecule has 0 bridgehead atoms. The summed E-state index contributed by atoms with van der Waals surface area (Å²) in [5.74, 6) is -0.0859. The third kappa shape index (κ3) is 4.70. The standard InChI is InChI=1S/C16H23N3O4S/c1-14(20)17-10-12-18(13-11-17)16(21)8-9-19(24(2,22)23)15-6-4-3-5-7-15/h3-7H,8-13H2,1-2H3. The SMILES string of the molecule is CC(=O)N1CCN(C(=O)CCN(c2ccccc2)S(C)(=O)=O)CC1. The van der Waals surface area contributed by atoms with E-state index in [0.717, 1.165) is 6.26 Å². The molecule has 24 heavy (non-hydrogen) atoms. The van der Waals surface area contributed by atoms with E-state index >= 15 is 0 Å². The summed E-state index contributed by atoms with van der Waals surface area (Å²) in [6, 6.07) is 8.74. The van der Waals surface area contributed by atoms with Crippen molar-refractivity contribution in [3.05, 3.63) is 30.3 Å². The van der Waals surface area contributed by atoms with Crippen molar-refractivity contribution in [2.24, 2.45) is 0 Å². The maximum absolute atomic E-state index is 12.3. The number of amides is 2. The van der Waals surface area contributed by atoms with Gasteiger partial charge in [-0.2, -0.15) is 0 Å². The van der Waals surface area contributed by atoms with Gasteiger partial charge in [0.05, 0.1) is 11.9 Å². The van der Waals surface area contributed by atoms with Crippen LogP contribution in [0.2, 0.25) is 0 Å². The van der Waals surface area contributed by atoms with E-state index in [0.29, 0.717) is 31.9 Å². The molecule has 2 rings (SSSR count). The summed E-state index contributed by atoms with van der Waals surface area (Å²) in [5, 5.41) is 0. The van der Waals surface area contributed by atoms with Gasteiger partial charge in [-0.1, -0.05) is 18.2 Å². The minimum atomic E-state index is -3.45. The smallest absolute Gasteiger partial charge is 0.232 e. The minimum Gasteiger partial charge on any atom is -0.339 e. The normalized spacial score (nSPS) is 15.2. The zero-order chi connectivity index (χ0) is 17.7. The van der Waals surface area contributed by atoms with Gasteiger partial charge in [0.1, 0.15) is 0 Å². The van der Waals surface area contributed by atoms with Crippen LogP contribution in [0.4, 0.5) is 5.69 Å². The Hall–Kier alpha value is -2.09. The Bertz CT molecular complexity index is 683. The van der Waals surface area contributed by atoms with Crippen LogP contribution in [0.1, 0.15) is 13.3 Å². The molecule has 1 aliphatic rings. The van der Waals surface area contributed by atoms with Crippen molar-refractivity contribution < 1.29 is 18.0 Å². The van der Waals surface area contributed by atoms with Crippen molar-refractivity contribution in [3.63, 3.8) is 0 Å². The molecular formula is C16H23N3O4S. The summed E-state index contributed by atoms with van der Waals surface area (Å²) in [7, 11) is -3.45. The first-order valence-electron chi connectivity index (χ1n) is 7.85. The van der Waals surface area contributed by atoms with Gasteiger partial charge in [-0.05, 0) is 12.1 Å². The van der Waals surface area contributed by atoms with Crippen LogP contribution in [0.25, 0.3) is 0 Å². The van der Waals surface area contributed by atoms with E-state index in [4.69, 9.17) is 0 Å². The van der Waals surface area contributed by atoms with Crippen molar-refractivity contribution in [2.45, 2.75) is 13.3 Å². The number of benzene rings is 1. The Morgan fingerprint density at radius 3 is 2.08 bits per heavy atom. The van der Waals surface area contributed by atoms with Gasteiger partial charge in [-0.3, -0.25) is 13.9 Å². The summed E-state index contributed by atoms with van der Waals surface area (Å²) < 4.78 is 25.2. The van der Waals surface area contributed by atoms with Gasteiger partial charge in [0.15, 0.2) is 0 Å². The quantitative estimate of drug-likeness (QED) is 0.774. The summed E-state index contributed by atoms with van der Waals surface area (Å²) in [6.45, 7) is 3.65. The highest BCUT2D eigenvalue weighted by Crippen LogP contribution is 2.17. The fourth-order valence-electron chi connectivity index (χ4n) is 2.71. The fraction of sp³-hybridized carbons (Fsp3) is 0.500. The van der Waals surface area contributed by atoms with Crippen LogP contribution < -0.4 is 4.31 Å². The number of carbonyl (C=O) groups excluding carboxylic acids is 2. The van der Waals surface area contributed by atoms with E-state index in [1.807, 2.05) is 6.07 Å². The third-order valence-corrected chi connectivity index (χ3v) is 5.25. The summed E-state index contributed by atoms with van der Waals surface area (Å²) in [4.78, 5) is 27.0. The number of piperazine rings is 1. The van der Waals surface area contributed by atoms with E-state index in [2.05, 4.69) is 0 Å². The first-order valence-corrected chi connectivity index (χ1v) is 9.70. The second-order valence-electron chi connectivity index (χ2n) is 5.81. The van der Waals surface area contributed by atoms with Crippen LogP contribution >= 0.6 is 0 Å². The van der Waals surface area contributed by atoms with Crippen molar-refractivity contribution in [2.75, 3.05) is 43.3 Å². The van der Waals surface area contributed by atoms with Crippen LogP contribution in [0.3, 0.4) is 0 Å². The Morgan fingerprint density at radius 1 is 1.04 bits per heavy atom. The monoisotopic (exact) mass is 353 g/mol. The Balaban J connectivity index is 1.95. The maximum Gasteiger partial charge on any atom is 0.232 e. The maximum atomic E-state index is 12.3. The molecule has 1 aromatic rings. The van der Waals surface area contributed by atoms with Crippen molar-refractivity contribution >= 4 is 27.5 Å². The zero-order valence-corrected chi connectivity index (χ0v) is 14.8. The molecule has 0 unspecified atom stereocenters. The molecule has 1 heterocycles. The van der Waals surface area contributed by atoms with E-state index in [-0.39, 0.29) is 24.8 Å². The van der Waals surface area contributed by atoms with Crippen molar-refractivity contribution in [1.82, 2.24) is 9.80 Å². The number of rotatable bonds is 5. The first-order chi connectivity index (χ1) is 11.3. The number of nitrogens with zero attached hydrogens (tertiary/aromatic N) is 3. The lowest BCUT2D eigenvalue weighted by Crippen LogP contribution is -2.50. The summed E-state index contributed by atoms with van der Waals surface area (Å²) in [5.41, 5.74) is 0.550. The number of sulfonamides is 1. The predicted molar refractivity (Wildman–Crippen MR) is 92.1 cm³/mol. The molecular weight excluding hydrogens is 330 g/mol. The van der Waals surface area contributed by atoms with Gasteiger partial charge < -0.3 is 9.80 Å². The molecule has 0 saturated carbocycles. The highest BCUT2D eigenvalue weighted by Gasteiger charge is 2.24. The van der Waals surface area contributed by atoms with Gasteiger partial charge >= 0.3 is 0 Å². The molecule has 0 aromatic heterocycles. The summed E-state index contributed by atoms with van der Waals surface area (Å²) in [6.07, 6.45) is 1.25. The topological polar surface area (TPSA) is 78.0 Å². The van der Waals surface area contributed by atoms with Gasteiger partial charge in [-0.15, -0.1) is 0 Å². The lowest BCUT2D eigenvalue weighted by Gasteiger charge is -2.34. The molecule has 2 amide bonds. The molecule has 0 atom stereocenters. The highest BCUT2D eigenvalue weighted by molar-refractivity contribution is 7.92. The van der Waals surface area contributed by atoms with E-state index in [1.165, 1.54) is 11.2 Å². The zero-order valence-electron chi connectivity index (χ0n) is 14.0. The molecule has 0 N–H and O–H groups in total. The molecule has 132 valence electrons. The number of hydrogen-bond donors (Lipinski definition) is 0. The molecule has 8 heteroatoms. The number of carbonyl (C=O) groups is 2. The van der Waals surface area contributed by atoms with Crippen LogP contribution in [0, 0.1) is 0 Å². The predicted octanol–water partition coefficient (Wildman–Crippen LogP) is 0.533. The molecule has 7 nitrogen and oxygen atoms in total. The van der Waals surface area contributed by atoms with Crippen LogP contribution in [-0.4, -0.2) is 69.0 Å². The molecule has 0 radical (unpaired) electrons. The third-order valence-electron chi connectivity index (χ3n) is 4.05. The Morgan fingerprint density at radius 2 is 1.58 bits per heavy atom. The van der Waals surface area contributed by atoms with Gasteiger partial charge in [-0.25, -0.2) is 8.42 Å². The Labute approximate surface area is 142 Å². The second kappa shape index (κ2) is 7.65. The number of para-hydroxylation sites is 1. The molecule has 1 aromatic carbocycles. The number of anilines is 1. The fourth-order valence-corrected chi connectivity index (χ4v) is 3.63. The van der Waals surface area contributed by atoms with Gasteiger partial charge in [0, 0.05) is 46.1 Å². The number of hydrogen-bond acceptors (Lipinski definition) is 4. The first kappa shape index (κ1) is 18.3. The van der Waals surface area contributed by atoms with E-state index in [9.17, 15) is 18.0 Å². The lowest BCUT2D eigenvalue weighted by atomic mass is 10.2. The molecule has 1 saturated heterocycles. The lowest BCUT2D eigenvalue weighted by molar-refractivity contribution is -0.138. The Kier molecular flexibility index (Phi) is 5.82. The largest absolute Gasteiger partial charge is 0.339 e. The van der Waals surface area contributed by atoms with Crippen molar-refractivity contribution in [1.29, 1.82) is 0 Å². The highest BCUT2D eigenvalue weighted by atomic mass is 32.2. The molecule has 0 spiro atoms.